The van der Waals surface area contributed by atoms with E-state index in [2.05, 4.69) is 0 Å². The Bertz CT molecular complexity index is 1040. The number of anilines is 1. The zero-order valence-electron chi connectivity index (χ0n) is 18.3. The van der Waals surface area contributed by atoms with Crippen LogP contribution in [0, 0.1) is 5.92 Å². The van der Waals surface area contributed by atoms with E-state index in [1.165, 1.54) is 0 Å². The lowest BCUT2D eigenvalue weighted by Gasteiger charge is -2.35. The SMILES string of the molecule is CC1=C(C(=O)OCc2ccccc2)C(c2ccc(N(C)C)cc2)C2C(=O)CCCC2=N1. The maximum atomic E-state index is 13.3. The summed E-state index contributed by atoms with van der Waals surface area (Å²) >= 11 is 0. The van der Waals surface area contributed by atoms with E-state index in [1.54, 1.807) is 0 Å². The van der Waals surface area contributed by atoms with Crippen molar-refractivity contribution in [1.82, 2.24) is 0 Å². The molecule has 4 rings (SSSR count). The molecule has 0 amide bonds. The molecule has 2 atom stereocenters. The molecule has 5 nitrogen and oxygen atoms in total. The molecule has 2 aliphatic rings. The Hall–Kier alpha value is -3.21. The summed E-state index contributed by atoms with van der Waals surface area (Å²) in [5, 5.41) is 0. The molecule has 0 bridgehead atoms. The molecule has 31 heavy (non-hydrogen) atoms. The van der Waals surface area contributed by atoms with Gasteiger partial charge in [0, 0.05) is 43.5 Å². The molecular weight excluding hydrogens is 388 g/mol. The van der Waals surface area contributed by atoms with Gasteiger partial charge in [0.1, 0.15) is 12.4 Å². The Morgan fingerprint density at radius 2 is 1.74 bits per heavy atom. The summed E-state index contributed by atoms with van der Waals surface area (Å²) in [4.78, 5) is 33.0. The molecule has 1 heterocycles. The zero-order valence-corrected chi connectivity index (χ0v) is 18.3. The molecule has 0 spiro atoms. The summed E-state index contributed by atoms with van der Waals surface area (Å²) in [7, 11) is 3.98. The topological polar surface area (TPSA) is 59.0 Å². The van der Waals surface area contributed by atoms with Gasteiger partial charge in [-0.25, -0.2) is 4.79 Å². The minimum atomic E-state index is -0.399. The van der Waals surface area contributed by atoms with E-state index in [-0.39, 0.29) is 24.2 Å². The highest BCUT2D eigenvalue weighted by Crippen LogP contribution is 2.43. The number of hydrogen-bond acceptors (Lipinski definition) is 5. The highest BCUT2D eigenvalue weighted by Gasteiger charge is 2.43. The first kappa shape index (κ1) is 21.0. The van der Waals surface area contributed by atoms with Gasteiger partial charge >= 0.3 is 5.97 Å². The van der Waals surface area contributed by atoms with Gasteiger partial charge in [0.15, 0.2) is 0 Å². The Labute approximate surface area is 183 Å². The fourth-order valence-electron chi connectivity index (χ4n) is 4.53. The van der Waals surface area contributed by atoms with Crippen molar-refractivity contribution in [3.63, 3.8) is 0 Å². The lowest BCUT2D eigenvalue weighted by atomic mass is 9.69. The van der Waals surface area contributed by atoms with Crippen LogP contribution in [-0.2, 0) is 20.9 Å². The molecule has 1 aliphatic heterocycles. The smallest absolute Gasteiger partial charge is 0.336 e. The van der Waals surface area contributed by atoms with Crippen LogP contribution in [0.3, 0.4) is 0 Å². The first-order valence-electron chi connectivity index (χ1n) is 10.7. The maximum absolute atomic E-state index is 13.3. The summed E-state index contributed by atoms with van der Waals surface area (Å²) in [5.74, 6) is -0.988. The number of hydrogen-bond donors (Lipinski definition) is 0. The number of fused-ring (bicyclic) bond motifs is 1. The first-order valence-corrected chi connectivity index (χ1v) is 10.7. The predicted molar refractivity (Wildman–Crippen MR) is 122 cm³/mol. The van der Waals surface area contributed by atoms with Gasteiger partial charge in [-0.1, -0.05) is 42.5 Å². The van der Waals surface area contributed by atoms with Crippen LogP contribution >= 0.6 is 0 Å². The average Bonchev–Trinajstić information content (AvgIpc) is 2.77. The monoisotopic (exact) mass is 416 g/mol. The van der Waals surface area contributed by atoms with Crippen LogP contribution in [0.2, 0.25) is 0 Å². The molecular formula is C26H28N2O3. The lowest BCUT2D eigenvalue weighted by Crippen LogP contribution is -2.39. The first-order chi connectivity index (χ1) is 15.0. The van der Waals surface area contributed by atoms with E-state index in [4.69, 9.17) is 9.73 Å². The minimum absolute atomic E-state index is 0.160. The van der Waals surface area contributed by atoms with Crippen molar-refractivity contribution < 1.29 is 14.3 Å². The molecule has 1 fully saturated rings. The van der Waals surface area contributed by atoms with Crippen molar-refractivity contribution in [1.29, 1.82) is 0 Å². The largest absolute Gasteiger partial charge is 0.457 e. The van der Waals surface area contributed by atoms with Gasteiger partial charge < -0.3 is 9.64 Å². The molecule has 0 aromatic heterocycles. The molecule has 1 aliphatic carbocycles. The number of nitrogens with zero attached hydrogens (tertiary/aromatic N) is 2. The molecule has 2 unspecified atom stereocenters. The fourth-order valence-corrected chi connectivity index (χ4v) is 4.53. The molecule has 160 valence electrons. The Kier molecular flexibility index (Phi) is 6.03. The number of esters is 1. The van der Waals surface area contributed by atoms with Crippen LogP contribution in [0.4, 0.5) is 5.69 Å². The highest BCUT2D eigenvalue weighted by atomic mass is 16.5. The second-order valence-electron chi connectivity index (χ2n) is 8.43. The molecule has 1 saturated carbocycles. The van der Waals surface area contributed by atoms with Crippen LogP contribution in [-0.4, -0.2) is 31.6 Å². The molecule has 2 aromatic carbocycles. The molecule has 0 saturated heterocycles. The summed E-state index contributed by atoms with van der Waals surface area (Å²) in [6, 6.07) is 17.7. The maximum Gasteiger partial charge on any atom is 0.336 e. The highest BCUT2D eigenvalue weighted by molar-refractivity contribution is 6.11. The van der Waals surface area contributed by atoms with E-state index in [0.717, 1.165) is 35.4 Å². The molecule has 0 radical (unpaired) electrons. The summed E-state index contributed by atoms with van der Waals surface area (Å²) in [6.07, 6.45) is 2.15. The Balaban J connectivity index is 1.70. The number of allylic oxidation sites excluding steroid dienone is 1. The molecule has 5 heteroatoms. The summed E-state index contributed by atoms with van der Waals surface area (Å²) in [5.41, 5.74) is 4.99. The number of rotatable bonds is 5. The summed E-state index contributed by atoms with van der Waals surface area (Å²) < 4.78 is 5.68. The van der Waals surface area contributed by atoms with E-state index in [0.29, 0.717) is 17.7 Å². The second-order valence-corrected chi connectivity index (χ2v) is 8.43. The minimum Gasteiger partial charge on any atom is -0.457 e. The Morgan fingerprint density at radius 3 is 2.42 bits per heavy atom. The Morgan fingerprint density at radius 1 is 1.03 bits per heavy atom. The van der Waals surface area contributed by atoms with E-state index >= 15 is 0 Å². The van der Waals surface area contributed by atoms with Gasteiger partial charge in [-0.15, -0.1) is 0 Å². The van der Waals surface area contributed by atoms with Gasteiger partial charge in [-0.05, 0) is 43.0 Å². The average molecular weight is 417 g/mol. The third kappa shape index (κ3) is 4.31. The molecule has 0 N–H and O–H groups in total. The van der Waals surface area contributed by atoms with Crippen LogP contribution in [0.5, 0.6) is 0 Å². The summed E-state index contributed by atoms with van der Waals surface area (Å²) in [6.45, 7) is 2.04. The number of carbonyl (C=O) groups excluding carboxylic acids is 2. The molecule has 2 aromatic rings. The van der Waals surface area contributed by atoms with Crippen molar-refractivity contribution in [2.24, 2.45) is 10.9 Å². The van der Waals surface area contributed by atoms with Gasteiger partial charge in [-0.3, -0.25) is 9.79 Å². The van der Waals surface area contributed by atoms with Gasteiger partial charge in [0.25, 0.3) is 0 Å². The van der Waals surface area contributed by atoms with Crippen molar-refractivity contribution in [3.8, 4) is 0 Å². The fraction of sp³-hybridized carbons (Fsp3) is 0.346. The number of Topliss-reactive ketones (excluding diaryl/α,β-unsaturated/α-hetero) is 1. The van der Waals surface area contributed by atoms with Crippen molar-refractivity contribution >= 4 is 23.2 Å². The third-order valence-corrected chi connectivity index (χ3v) is 6.11. The quantitative estimate of drug-likeness (QED) is 0.664. The predicted octanol–water partition coefficient (Wildman–Crippen LogP) is 4.68. The van der Waals surface area contributed by atoms with E-state index < -0.39 is 5.97 Å². The van der Waals surface area contributed by atoms with E-state index in [9.17, 15) is 9.59 Å². The van der Waals surface area contributed by atoms with Crippen LogP contribution in [0.15, 0.2) is 70.9 Å². The zero-order chi connectivity index (χ0) is 22.0. The lowest BCUT2D eigenvalue weighted by molar-refractivity contribution is -0.140. The van der Waals surface area contributed by atoms with Gasteiger partial charge in [0.05, 0.1) is 11.5 Å². The van der Waals surface area contributed by atoms with Gasteiger partial charge in [-0.2, -0.15) is 0 Å². The van der Waals surface area contributed by atoms with Crippen molar-refractivity contribution in [3.05, 3.63) is 77.0 Å². The van der Waals surface area contributed by atoms with Crippen LogP contribution < -0.4 is 4.90 Å². The van der Waals surface area contributed by atoms with E-state index in [1.807, 2.05) is 80.5 Å². The second kappa shape index (κ2) is 8.88. The third-order valence-electron chi connectivity index (χ3n) is 6.11. The standard InChI is InChI=1S/C26H28N2O3/c1-17-23(26(30)31-16-18-8-5-4-6-9-18)24(19-12-14-20(15-13-19)28(2)3)25-21(27-17)10-7-11-22(25)29/h4-6,8-9,12-15,24-25H,7,10-11,16H2,1-3H3. The van der Waals surface area contributed by atoms with Crippen molar-refractivity contribution in [2.45, 2.75) is 38.7 Å². The van der Waals surface area contributed by atoms with Crippen LogP contribution in [0.1, 0.15) is 43.2 Å². The van der Waals surface area contributed by atoms with Crippen LogP contribution in [0.25, 0.3) is 0 Å². The number of carbonyl (C=O) groups is 2. The number of ketones is 1. The normalized spacial score (nSPS) is 20.7. The van der Waals surface area contributed by atoms with Crippen molar-refractivity contribution in [2.75, 3.05) is 19.0 Å². The number of aliphatic imine (C=N–C) groups is 1. The van der Waals surface area contributed by atoms with Gasteiger partial charge in [0.2, 0.25) is 0 Å². The number of benzene rings is 2. The number of ether oxygens (including phenoxy) is 1.